The van der Waals surface area contributed by atoms with Crippen LogP contribution >= 0.6 is 23.5 Å². The van der Waals surface area contributed by atoms with Crippen molar-refractivity contribution >= 4 is 29.3 Å². The third-order valence-electron chi connectivity index (χ3n) is 2.32. The van der Waals surface area contributed by atoms with E-state index in [0.717, 1.165) is 4.90 Å². The van der Waals surface area contributed by atoms with Gasteiger partial charge in [-0.2, -0.15) is 0 Å². The first-order chi connectivity index (χ1) is 8.13. The first-order valence-corrected chi connectivity index (χ1v) is 6.88. The molecule has 0 atom stereocenters. The largest absolute Gasteiger partial charge is 0.288 e. The fourth-order valence-electron chi connectivity index (χ4n) is 1.55. The van der Waals surface area contributed by atoms with Gasteiger partial charge >= 0.3 is 0 Å². The zero-order valence-electron chi connectivity index (χ0n) is 9.00. The molecule has 0 N–H and O–H groups in total. The van der Waals surface area contributed by atoms with Crippen LogP contribution in [0.25, 0.3) is 0 Å². The van der Waals surface area contributed by atoms with Crippen LogP contribution in [-0.2, 0) is 0 Å². The lowest BCUT2D eigenvalue weighted by Gasteiger charge is -2.01. The van der Waals surface area contributed by atoms with Gasteiger partial charge in [-0.25, -0.2) is 0 Å². The van der Waals surface area contributed by atoms with Crippen LogP contribution in [0.5, 0.6) is 0 Å². The number of carbonyl (C=O) groups excluding carboxylic acids is 1. The van der Waals surface area contributed by atoms with Crippen LogP contribution in [0, 0.1) is 10.1 Å². The lowest BCUT2D eigenvalue weighted by Crippen LogP contribution is -2.06. The Morgan fingerprint density at radius 1 is 1.47 bits per heavy atom. The Labute approximate surface area is 107 Å². The summed E-state index contributed by atoms with van der Waals surface area (Å²) < 4.78 is 0. The van der Waals surface area contributed by atoms with Crippen LogP contribution in [0.2, 0.25) is 0 Å². The van der Waals surface area contributed by atoms with Crippen molar-refractivity contribution in [3.8, 4) is 0 Å². The van der Waals surface area contributed by atoms with E-state index < -0.39 is 4.92 Å². The molecule has 0 saturated heterocycles. The number of hydrogen-bond donors (Lipinski definition) is 0. The summed E-state index contributed by atoms with van der Waals surface area (Å²) in [6.07, 6.45) is 1.75. The lowest BCUT2D eigenvalue weighted by atomic mass is 10.1. The molecule has 0 saturated carbocycles. The number of nitro groups is 1. The molecule has 0 radical (unpaired) electrons. The van der Waals surface area contributed by atoms with Crippen molar-refractivity contribution in [2.24, 2.45) is 0 Å². The van der Waals surface area contributed by atoms with Crippen molar-refractivity contribution < 1.29 is 9.72 Å². The van der Waals surface area contributed by atoms with Crippen LogP contribution < -0.4 is 0 Å². The Hall–Kier alpha value is -1.27. The number of hydrogen-bond acceptors (Lipinski definition) is 5. The number of thioether (sulfide) groups is 2. The average Bonchev–Trinajstić information content (AvgIpc) is 2.64. The molecule has 0 spiro atoms. The molecular weight excluding hydrogens is 258 g/mol. The molecule has 0 unspecified atom stereocenters. The molecule has 6 heteroatoms. The number of ketones is 1. The van der Waals surface area contributed by atoms with E-state index in [2.05, 4.69) is 0 Å². The second kappa shape index (κ2) is 4.93. The van der Waals surface area contributed by atoms with Crippen molar-refractivity contribution in [1.29, 1.82) is 0 Å². The molecule has 1 aromatic carbocycles. The highest BCUT2D eigenvalue weighted by atomic mass is 32.2. The van der Waals surface area contributed by atoms with E-state index in [-0.39, 0.29) is 12.3 Å². The molecule has 0 aliphatic carbocycles. The van der Waals surface area contributed by atoms with Crippen LogP contribution in [0.4, 0.5) is 0 Å². The number of fused-ring (bicyclic) bond motifs is 1. The Balaban J connectivity index is 2.41. The topological polar surface area (TPSA) is 60.2 Å². The van der Waals surface area contributed by atoms with Crippen LogP contribution in [0.15, 0.2) is 39.0 Å². The van der Waals surface area contributed by atoms with Crippen LogP contribution in [0.3, 0.4) is 0 Å². The van der Waals surface area contributed by atoms with Gasteiger partial charge in [-0.15, -0.1) is 11.8 Å². The Morgan fingerprint density at radius 2 is 2.18 bits per heavy atom. The predicted molar refractivity (Wildman–Crippen MR) is 69.0 cm³/mol. The molecular formula is C11H9NO3S2. The molecule has 1 heterocycles. The fraction of sp³-hybridized carbons (Fsp3) is 0.182. The minimum Gasteiger partial charge on any atom is -0.288 e. The Kier molecular flexibility index (Phi) is 3.54. The summed E-state index contributed by atoms with van der Waals surface area (Å²) in [5, 5.41) is 10.5. The van der Waals surface area contributed by atoms with E-state index in [4.69, 9.17) is 0 Å². The van der Waals surface area contributed by atoms with Gasteiger partial charge in [0.25, 0.3) is 0 Å². The molecule has 0 aromatic heterocycles. The number of carbonyl (C=O) groups is 1. The van der Waals surface area contributed by atoms with Crippen molar-refractivity contribution in [3.05, 3.63) is 49.8 Å². The van der Waals surface area contributed by atoms with Crippen molar-refractivity contribution in [2.75, 3.05) is 12.8 Å². The molecule has 4 nitrogen and oxygen atoms in total. The van der Waals surface area contributed by atoms with Gasteiger partial charge in [-0.05, 0) is 18.4 Å². The summed E-state index contributed by atoms with van der Waals surface area (Å²) in [6, 6.07) is 7.26. The van der Waals surface area contributed by atoms with E-state index in [1.807, 2.05) is 12.1 Å². The normalized spacial score (nSPS) is 16.9. The van der Waals surface area contributed by atoms with E-state index in [1.165, 1.54) is 23.5 Å². The van der Waals surface area contributed by atoms with E-state index in [0.29, 0.717) is 15.4 Å². The zero-order chi connectivity index (χ0) is 12.4. The smallest absolute Gasteiger partial charge is 0.235 e. The van der Waals surface area contributed by atoms with Gasteiger partial charge in [0.05, 0.1) is 9.81 Å². The van der Waals surface area contributed by atoms with E-state index in [1.54, 1.807) is 18.4 Å². The minimum absolute atomic E-state index is 0.100. The molecule has 2 rings (SSSR count). The number of Topliss-reactive ketones (excluding diaryl/α,β-unsaturated/α-hetero) is 1. The highest BCUT2D eigenvalue weighted by Gasteiger charge is 2.29. The predicted octanol–water partition coefficient (Wildman–Crippen LogP) is 2.83. The third-order valence-corrected chi connectivity index (χ3v) is 4.49. The SMILES string of the molecule is CSC(C[N+](=O)[O-])=C1Sc2ccccc2C1=O. The fourth-order valence-corrected chi connectivity index (χ4v) is 3.46. The number of benzene rings is 1. The maximum atomic E-state index is 12.1. The van der Waals surface area contributed by atoms with Gasteiger partial charge in [-0.1, -0.05) is 23.9 Å². The molecule has 17 heavy (non-hydrogen) atoms. The molecule has 1 aromatic rings. The highest BCUT2D eigenvalue weighted by molar-refractivity contribution is 8.07. The first kappa shape index (κ1) is 12.2. The molecule has 1 aliphatic heterocycles. The number of allylic oxidation sites excluding steroid dienone is 1. The van der Waals surface area contributed by atoms with Gasteiger partial charge in [0.1, 0.15) is 0 Å². The van der Waals surface area contributed by atoms with E-state index in [9.17, 15) is 14.9 Å². The van der Waals surface area contributed by atoms with Crippen LogP contribution in [-0.4, -0.2) is 23.5 Å². The van der Waals surface area contributed by atoms with Crippen molar-refractivity contribution in [2.45, 2.75) is 4.90 Å². The molecule has 0 amide bonds. The summed E-state index contributed by atoms with van der Waals surface area (Å²) in [7, 11) is 0. The van der Waals surface area contributed by atoms with Gasteiger partial charge < -0.3 is 0 Å². The second-order valence-electron chi connectivity index (χ2n) is 3.37. The summed E-state index contributed by atoms with van der Waals surface area (Å²) in [5.74, 6) is -0.100. The number of nitrogens with zero attached hydrogens (tertiary/aromatic N) is 1. The van der Waals surface area contributed by atoms with Crippen molar-refractivity contribution in [1.82, 2.24) is 0 Å². The highest BCUT2D eigenvalue weighted by Crippen LogP contribution is 2.43. The monoisotopic (exact) mass is 267 g/mol. The number of rotatable bonds is 3. The maximum absolute atomic E-state index is 12.1. The van der Waals surface area contributed by atoms with Gasteiger partial charge in [0.15, 0.2) is 0 Å². The summed E-state index contributed by atoms with van der Waals surface area (Å²) >= 11 is 2.59. The maximum Gasteiger partial charge on any atom is 0.235 e. The minimum atomic E-state index is -0.407. The summed E-state index contributed by atoms with van der Waals surface area (Å²) in [4.78, 5) is 24.1. The van der Waals surface area contributed by atoms with Gasteiger partial charge in [0.2, 0.25) is 12.3 Å². The van der Waals surface area contributed by atoms with Gasteiger partial charge in [0, 0.05) is 15.4 Å². The van der Waals surface area contributed by atoms with E-state index >= 15 is 0 Å². The standard InChI is InChI=1S/C11H9NO3S2/c1-16-9(6-12(14)15)11-10(13)7-4-2-3-5-8(7)17-11/h2-5H,6H2,1H3. The lowest BCUT2D eigenvalue weighted by molar-refractivity contribution is -0.469. The molecule has 1 aliphatic rings. The molecule has 0 fully saturated rings. The first-order valence-electron chi connectivity index (χ1n) is 4.84. The molecule has 0 bridgehead atoms. The van der Waals surface area contributed by atoms with Crippen LogP contribution in [0.1, 0.15) is 10.4 Å². The summed E-state index contributed by atoms with van der Waals surface area (Å²) in [5.41, 5.74) is 0.641. The zero-order valence-corrected chi connectivity index (χ0v) is 10.6. The Morgan fingerprint density at radius 3 is 2.76 bits per heavy atom. The average molecular weight is 267 g/mol. The Bertz CT molecular complexity index is 525. The quantitative estimate of drug-likeness (QED) is 0.479. The third kappa shape index (κ3) is 2.37. The van der Waals surface area contributed by atoms with Crippen molar-refractivity contribution in [3.63, 3.8) is 0 Å². The molecule has 88 valence electrons. The summed E-state index contributed by atoms with van der Waals surface area (Å²) in [6.45, 7) is -0.288. The van der Waals surface area contributed by atoms with Gasteiger partial charge in [-0.3, -0.25) is 14.9 Å². The second-order valence-corrected chi connectivity index (χ2v) is 5.33.